The van der Waals surface area contributed by atoms with Crippen LogP contribution in [0.1, 0.15) is 18.4 Å². The minimum Gasteiger partial charge on any atom is -0.355 e. The Balaban J connectivity index is 1.80. The van der Waals surface area contributed by atoms with E-state index < -0.39 is 0 Å². The summed E-state index contributed by atoms with van der Waals surface area (Å²) in [6, 6.07) is 9.95. The van der Waals surface area contributed by atoms with Gasteiger partial charge in [-0.1, -0.05) is 30.3 Å². The lowest BCUT2D eigenvalue weighted by molar-refractivity contribution is -0.126. The van der Waals surface area contributed by atoms with Crippen molar-refractivity contribution in [2.24, 2.45) is 11.7 Å². The van der Waals surface area contributed by atoms with Crippen molar-refractivity contribution in [1.82, 2.24) is 15.1 Å². The molecule has 0 bridgehead atoms. The zero-order valence-corrected chi connectivity index (χ0v) is 13.7. The van der Waals surface area contributed by atoms with Crippen molar-refractivity contribution in [3.63, 3.8) is 0 Å². The molecule has 126 valence electrons. The average molecular weight is 318 g/mol. The van der Waals surface area contributed by atoms with Gasteiger partial charge in [0.25, 0.3) is 0 Å². The highest BCUT2D eigenvalue weighted by Gasteiger charge is 2.28. The maximum absolute atomic E-state index is 12.5. The Bertz CT molecular complexity index is 513. The first kappa shape index (κ1) is 17.3. The van der Waals surface area contributed by atoms with Gasteiger partial charge in [-0.05, 0) is 18.4 Å². The predicted octanol–water partition coefficient (Wildman–Crippen LogP) is 1.03. The molecule has 3 amide bonds. The lowest BCUT2D eigenvalue weighted by Crippen LogP contribution is -2.47. The Morgan fingerprint density at radius 2 is 1.91 bits per heavy atom. The monoisotopic (exact) mass is 318 g/mol. The fraction of sp³-hybridized carbons (Fsp3) is 0.529. The van der Waals surface area contributed by atoms with E-state index in [-0.39, 0.29) is 17.9 Å². The lowest BCUT2D eigenvalue weighted by atomic mass is 9.96. The number of carbonyl (C=O) groups is 2. The van der Waals surface area contributed by atoms with E-state index in [0.717, 1.165) is 5.56 Å². The third-order valence-electron chi connectivity index (χ3n) is 4.17. The quantitative estimate of drug-likeness (QED) is 0.851. The number of nitrogens with two attached hydrogens (primary N) is 1. The molecule has 1 saturated heterocycles. The summed E-state index contributed by atoms with van der Waals surface area (Å²) < 4.78 is 0. The number of piperidine rings is 1. The number of hydrogen-bond donors (Lipinski definition) is 2. The topological polar surface area (TPSA) is 78.7 Å². The van der Waals surface area contributed by atoms with Crippen molar-refractivity contribution in [2.45, 2.75) is 19.4 Å². The third-order valence-corrected chi connectivity index (χ3v) is 4.17. The van der Waals surface area contributed by atoms with Crippen LogP contribution in [0.15, 0.2) is 30.3 Å². The molecule has 6 nitrogen and oxygen atoms in total. The minimum absolute atomic E-state index is 0.00923. The number of likely N-dealkylation sites (tertiary alicyclic amines) is 1. The minimum atomic E-state index is -0.00923. The van der Waals surface area contributed by atoms with Crippen LogP contribution in [0.4, 0.5) is 4.79 Å². The number of amides is 3. The number of hydrogen-bond acceptors (Lipinski definition) is 3. The molecule has 1 aliphatic heterocycles. The molecular weight excluding hydrogens is 292 g/mol. The first-order valence-electron chi connectivity index (χ1n) is 8.13. The van der Waals surface area contributed by atoms with Crippen molar-refractivity contribution in [1.29, 1.82) is 0 Å². The third kappa shape index (κ3) is 4.96. The second-order valence-corrected chi connectivity index (χ2v) is 5.97. The second kappa shape index (κ2) is 8.53. The van der Waals surface area contributed by atoms with Crippen molar-refractivity contribution in [3.8, 4) is 0 Å². The molecule has 0 atom stereocenters. The van der Waals surface area contributed by atoms with Gasteiger partial charge in [0.05, 0.1) is 0 Å². The molecule has 0 aromatic heterocycles. The summed E-state index contributed by atoms with van der Waals surface area (Å²) in [7, 11) is 1.81. The van der Waals surface area contributed by atoms with E-state index in [9.17, 15) is 9.59 Å². The molecule has 6 heteroatoms. The van der Waals surface area contributed by atoms with Crippen LogP contribution in [0.25, 0.3) is 0 Å². The van der Waals surface area contributed by atoms with Gasteiger partial charge in [0.1, 0.15) is 0 Å². The first-order valence-corrected chi connectivity index (χ1v) is 8.13. The summed E-state index contributed by atoms with van der Waals surface area (Å²) in [6.45, 7) is 2.80. The largest absolute Gasteiger partial charge is 0.355 e. The van der Waals surface area contributed by atoms with Crippen LogP contribution in [0.5, 0.6) is 0 Å². The zero-order valence-electron chi connectivity index (χ0n) is 13.7. The van der Waals surface area contributed by atoms with Crippen molar-refractivity contribution in [2.75, 3.05) is 33.2 Å². The molecule has 0 saturated carbocycles. The van der Waals surface area contributed by atoms with Crippen LogP contribution in [0, 0.1) is 5.92 Å². The van der Waals surface area contributed by atoms with Crippen molar-refractivity contribution >= 4 is 11.9 Å². The molecule has 23 heavy (non-hydrogen) atoms. The Morgan fingerprint density at radius 3 is 2.52 bits per heavy atom. The van der Waals surface area contributed by atoms with E-state index in [1.807, 2.05) is 42.3 Å². The normalized spacial score (nSPS) is 15.3. The number of benzene rings is 1. The van der Waals surface area contributed by atoms with Crippen LogP contribution in [-0.4, -0.2) is 55.0 Å². The number of rotatable bonds is 5. The Labute approximate surface area is 137 Å². The molecular formula is C17H26N4O2. The number of nitrogens with one attached hydrogen (secondary N) is 1. The van der Waals surface area contributed by atoms with Crippen LogP contribution in [-0.2, 0) is 11.3 Å². The van der Waals surface area contributed by atoms with Crippen LogP contribution in [0.2, 0.25) is 0 Å². The van der Waals surface area contributed by atoms with Gasteiger partial charge in [-0.2, -0.15) is 0 Å². The van der Waals surface area contributed by atoms with Gasteiger partial charge in [-0.3, -0.25) is 4.79 Å². The molecule has 2 rings (SSSR count). The van der Waals surface area contributed by atoms with Gasteiger partial charge >= 0.3 is 6.03 Å². The van der Waals surface area contributed by atoms with E-state index in [1.54, 1.807) is 4.90 Å². The Kier molecular flexibility index (Phi) is 6.40. The SMILES string of the molecule is CN(Cc1ccccc1)C(=O)N1CCC(C(=O)NCCN)CC1. The molecule has 1 aliphatic rings. The highest BCUT2D eigenvalue weighted by Crippen LogP contribution is 2.18. The summed E-state index contributed by atoms with van der Waals surface area (Å²) >= 11 is 0. The summed E-state index contributed by atoms with van der Waals surface area (Å²) in [6.07, 6.45) is 1.42. The fourth-order valence-electron chi connectivity index (χ4n) is 2.84. The van der Waals surface area contributed by atoms with Gasteiger partial charge in [-0.15, -0.1) is 0 Å². The van der Waals surface area contributed by atoms with Gasteiger partial charge in [0, 0.05) is 45.7 Å². The molecule has 0 unspecified atom stereocenters. The molecule has 0 spiro atoms. The smallest absolute Gasteiger partial charge is 0.320 e. The highest BCUT2D eigenvalue weighted by molar-refractivity contribution is 5.79. The first-order chi connectivity index (χ1) is 11.1. The van der Waals surface area contributed by atoms with Gasteiger partial charge in [0.15, 0.2) is 0 Å². The van der Waals surface area contributed by atoms with E-state index in [0.29, 0.717) is 45.6 Å². The summed E-state index contributed by atoms with van der Waals surface area (Å²) in [4.78, 5) is 28.0. The van der Waals surface area contributed by atoms with E-state index in [4.69, 9.17) is 5.73 Å². The van der Waals surface area contributed by atoms with Gasteiger partial charge < -0.3 is 20.9 Å². The van der Waals surface area contributed by atoms with Crippen LogP contribution >= 0.6 is 0 Å². The van der Waals surface area contributed by atoms with Gasteiger partial charge in [-0.25, -0.2) is 4.79 Å². The molecule has 1 aromatic carbocycles. The number of nitrogens with zero attached hydrogens (tertiary/aromatic N) is 2. The molecule has 1 aromatic rings. The summed E-state index contributed by atoms with van der Waals surface area (Å²) in [5.74, 6) is 0.0465. The van der Waals surface area contributed by atoms with E-state index in [2.05, 4.69) is 5.32 Å². The van der Waals surface area contributed by atoms with E-state index >= 15 is 0 Å². The lowest BCUT2D eigenvalue weighted by Gasteiger charge is -2.34. The fourth-order valence-corrected chi connectivity index (χ4v) is 2.84. The second-order valence-electron chi connectivity index (χ2n) is 5.97. The standard InChI is InChI=1S/C17H26N4O2/c1-20(13-14-5-3-2-4-6-14)17(23)21-11-7-15(8-12-21)16(22)19-10-9-18/h2-6,15H,7-13,18H2,1H3,(H,19,22). The number of carbonyl (C=O) groups excluding carboxylic acids is 2. The molecule has 3 N–H and O–H groups in total. The molecule has 0 aliphatic carbocycles. The maximum Gasteiger partial charge on any atom is 0.320 e. The summed E-state index contributed by atoms with van der Waals surface area (Å²) in [5, 5.41) is 2.82. The Hall–Kier alpha value is -2.08. The van der Waals surface area contributed by atoms with Crippen molar-refractivity contribution in [3.05, 3.63) is 35.9 Å². The maximum atomic E-state index is 12.5. The summed E-state index contributed by atoms with van der Waals surface area (Å²) in [5.41, 5.74) is 6.50. The van der Waals surface area contributed by atoms with E-state index in [1.165, 1.54) is 0 Å². The van der Waals surface area contributed by atoms with Crippen LogP contribution in [0.3, 0.4) is 0 Å². The molecule has 1 heterocycles. The zero-order chi connectivity index (χ0) is 16.7. The van der Waals surface area contributed by atoms with Crippen LogP contribution < -0.4 is 11.1 Å². The number of urea groups is 1. The molecule has 0 radical (unpaired) electrons. The van der Waals surface area contributed by atoms with Gasteiger partial charge in [0.2, 0.25) is 5.91 Å². The highest BCUT2D eigenvalue weighted by atomic mass is 16.2. The average Bonchev–Trinajstić information content (AvgIpc) is 2.60. The molecule has 1 fully saturated rings. The predicted molar refractivity (Wildman–Crippen MR) is 89.7 cm³/mol. The Morgan fingerprint density at radius 1 is 1.26 bits per heavy atom. The van der Waals surface area contributed by atoms with Crippen molar-refractivity contribution < 1.29 is 9.59 Å².